The van der Waals surface area contributed by atoms with Gasteiger partial charge in [-0.3, -0.25) is 14.3 Å². The Morgan fingerprint density at radius 1 is 1.21 bits per heavy atom. The normalized spacial score (nSPS) is 20.2. The Hall–Kier alpha value is -3.02. The lowest BCUT2D eigenvalue weighted by molar-refractivity contribution is -0.138. The number of nitrogens with zero attached hydrogens (tertiary/aromatic N) is 4. The van der Waals surface area contributed by atoms with Crippen molar-refractivity contribution in [3.63, 3.8) is 0 Å². The number of halogens is 5. The molecular weight excluding hydrogens is 544 g/mol. The molecule has 0 unspecified atom stereocenters. The van der Waals surface area contributed by atoms with E-state index in [4.69, 9.17) is 11.6 Å². The van der Waals surface area contributed by atoms with Crippen molar-refractivity contribution in [3.05, 3.63) is 83.2 Å². The molecule has 0 radical (unpaired) electrons. The van der Waals surface area contributed by atoms with Crippen molar-refractivity contribution in [1.82, 2.24) is 9.47 Å². The van der Waals surface area contributed by atoms with Gasteiger partial charge in [0.1, 0.15) is 6.17 Å². The molecule has 1 N–H and O–H groups in total. The molecule has 2 aliphatic rings. The molecule has 1 saturated heterocycles. The first-order valence-corrected chi connectivity index (χ1v) is 13.1. The standard InChI is InChI=1S/C26H23ClF4N4O2S/c1-13(2)34-11-20(28)22(12-34)35-24(36)23(38-25(35)37)18(14-4-6-21-16(7-14)10-32-33-21)8-15-3-5-17(27)9-19(15)26(29,30)31/h3-7,9-10,13,20,22,36H,8,11-12H2,1-2H3/t20-,22-/m0/s1. The van der Waals surface area contributed by atoms with Crippen molar-refractivity contribution in [3.8, 4) is 5.88 Å². The van der Waals surface area contributed by atoms with Crippen LogP contribution in [0.3, 0.4) is 0 Å². The van der Waals surface area contributed by atoms with Crippen LogP contribution in [-0.4, -0.2) is 46.1 Å². The van der Waals surface area contributed by atoms with Crippen molar-refractivity contribution >= 4 is 34.7 Å². The first-order valence-electron chi connectivity index (χ1n) is 11.9. The summed E-state index contributed by atoms with van der Waals surface area (Å²) < 4.78 is 57.8. The van der Waals surface area contributed by atoms with E-state index < -0.39 is 34.7 Å². The van der Waals surface area contributed by atoms with Crippen molar-refractivity contribution < 1.29 is 22.7 Å². The smallest absolute Gasteiger partial charge is 0.416 e. The van der Waals surface area contributed by atoms with E-state index in [-0.39, 0.29) is 46.6 Å². The van der Waals surface area contributed by atoms with Crippen LogP contribution in [0.1, 0.15) is 41.5 Å². The van der Waals surface area contributed by atoms with Crippen LogP contribution in [0.4, 0.5) is 17.6 Å². The quantitative estimate of drug-likeness (QED) is 0.468. The number of aromatic hydroxyl groups is 1. The highest BCUT2D eigenvalue weighted by atomic mass is 35.5. The molecule has 0 bridgehead atoms. The molecule has 1 fully saturated rings. The molecule has 0 saturated carbocycles. The zero-order valence-corrected chi connectivity index (χ0v) is 21.9. The van der Waals surface area contributed by atoms with Crippen molar-refractivity contribution in [2.24, 2.45) is 10.2 Å². The summed E-state index contributed by atoms with van der Waals surface area (Å²) in [5, 5.41) is 20.1. The summed E-state index contributed by atoms with van der Waals surface area (Å²) in [5.74, 6) is -0.463. The van der Waals surface area contributed by atoms with E-state index in [0.29, 0.717) is 27.5 Å². The summed E-state index contributed by atoms with van der Waals surface area (Å²) >= 11 is 6.56. The number of rotatable bonds is 5. The van der Waals surface area contributed by atoms with E-state index in [0.717, 1.165) is 10.6 Å². The maximum absolute atomic E-state index is 15.0. The van der Waals surface area contributed by atoms with Gasteiger partial charge in [-0.2, -0.15) is 23.4 Å². The molecule has 2 aromatic carbocycles. The molecule has 12 heteroatoms. The molecule has 3 heterocycles. The van der Waals surface area contributed by atoms with Crippen LogP contribution in [0, 0.1) is 0 Å². The second-order valence-corrected chi connectivity index (χ2v) is 11.0. The average molecular weight is 567 g/mol. The minimum Gasteiger partial charge on any atom is -0.493 e. The molecule has 2 atom stereocenters. The zero-order chi connectivity index (χ0) is 27.4. The molecule has 2 aliphatic heterocycles. The van der Waals surface area contributed by atoms with E-state index in [2.05, 4.69) is 10.2 Å². The number of fused-ring (bicyclic) bond motifs is 1. The highest BCUT2D eigenvalue weighted by Gasteiger charge is 2.39. The summed E-state index contributed by atoms with van der Waals surface area (Å²) in [4.78, 5) is 14.5. The third-order valence-corrected chi connectivity index (χ3v) is 8.12. The fourth-order valence-electron chi connectivity index (χ4n) is 4.87. The predicted octanol–water partition coefficient (Wildman–Crippen LogP) is 4.30. The van der Waals surface area contributed by atoms with E-state index >= 15 is 4.39 Å². The Morgan fingerprint density at radius 3 is 2.66 bits per heavy atom. The first kappa shape index (κ1) is 26.6. The van der Waals surface area contributed by atoms with Gasteiger partial charge in [-0.1, -0.05) is 35.1 Å². The summed E-state index contributed by atoms with van der Waals surface area (Å²) in [6, 6.07) is 7.62. The van der Waals surface area contributed by atoms with E-state index in [1.165, 1.54) is 18.3 Å². The lowest BCUT2D eigenvalue weighted by Gasteiger charge is -2.20. The molecule has 1 aromatic heterocycles. The molecular formula is C26H23ClF4N4O2S. The Bertz CT molecular complexity index is 1610. The summed E-state index contributed by atoms with van der Waals surface area (Å²) in [6.45, 7) is 4.17. The fourth-order valence-corrected chi connectivity index (χ4v) is 6.04. The van der Waals surface area contributed by atoms with E-state index in [1.807, 2.05) is 18.7 Å². The number of hydrogen-bond acceptors (Lipinski definition) is 6. The first-order chi connectivity index (χ1) is 17.9. The van der Waals surface area contributed by atoms with E-state index in [9.17, 15) is 23.1 Å². The highest BCUT2D eigenvalue weighted by molar-refractivity contribution is 7.10. The number of aromatic nitrogens is 1. The topological polar surface area (TPSA) is 70.2 Å². The molecule has 38 heavy (non-hydrogen) atoms. The number of alkyl halides is 4. The molecule has 3 aromatic rings. The minimum atomic E-state index is -4.68. The molecule has 5 rings (SSSR count). The lowest BCUT2D eigenvalue weighted by atomic mass is 9.96. The summed E-state index contributed by atoms with van der Waals surface area (Å²) in [7, 11) is 0. The van der Waals surface area contributed by atoms with Gasteiger partial charge >= 0.3 is 11.0 Å². The SMILES string of the molecule is CC(C)N1C[C@H](F)[C@@H](n2c(O)c(C(Cc3ccc(Cl)cc3C(F)(F)F)=c3ccc4c(c3)C=NN=4)sc2=O)C1. The molecule has 200 valence electrons. The van der Waals surface area contributed by atoms with Gasteiger partial charge in [0.15, 0.2) is 0 Å². The van der Waals surface area contributed by atoms with Gasteiger partial charge in [-0.25, -0.2) is 4.39 Å². The summed E-state index contributed by atoms with van der Waals surface area (Å²) in [6.07, 6.45) is -4.83. The molecule has 6 nitrogen and oxygen atoms in total. The Balaban J connectivity index is 1.69. The van der Waals surface area contributed by atoms with Gasteiger partial charge in [-0.05, 0) is 54.5 Å². The van der Waals surface area contributed by atoms with Crippen molar-refractivity contribution in [1.29, 1.82) is 0 Å². The van der Waals surface area contributed by atoms with Gasteiger partial charge in [-0.15, -0.1) is 0 Å². The Kier molecular flexibility index (Phi) is 6.95. The van der Waals surface area contributed by atoms with Crippen LogP contribution < -0.4 is 15.4 Å². The maximum atomic E-state index is 15.0. The van der Waals surface area contributed by atoms with Gasteiger partial charge in [0.25, 0.3) is 0 Å². The van der Waals surface area contributed by atoms with Crippen LogP contribution in [0.15, 0.2) is 51.4 Å². The van der Waals surface area contributed by atoms with Crippen LogP contribution in [0.25, 0.3) is 5.57 Å². The van der Waals surface area contributed by atoms with Crippen LogP contribution in [-0.2, 0) is 12.6 Å². The second kappa shape index (κ2) is 9.94. The third kappa shape index (κ3) is 4.90. The van der Waals surface area contributed by atoms with Crippen LogP contribution in [0.5, 0.6) is 5.88 Å². The van der Waals surface area contributed by atoms with Crippen LogP contribution >= 0.6 is 22.9 Å². The average Bonchev–Trinajstić information content (AvgIpc) is 3.54. The Morgan fingerprint density at radius 2 is 1.97 bits per heavy atom. The lowest BCUT2D eigenvalue weighted by Crippen LogP contribution is -2.29. The largest absolute Gasteiger partial charge is 0.493 e. The number of benzene rings is 2. The number of thiazole rings is 1. The van der Waals surface area contributed by atoms with Crippen molar-refractivity contribution in [2.45, 2.75) is 44.7 Å². The number of likely N-dealkylation sites (tertiary alicyclic amines) is 1. The highest BCUT2D eigenvalue weighted by Crippen LogP contribution is 2.38. The third-order valence-electron chi connectivity index (χ3n) is 6.88. The van der Waals surface area contributed by atoms with Crippen molar-refractivity contribution in [2.75, 3.05) is 13.1 Å². The van der Waals surface area contributed by atoms with Gasteiger partial charge in [0.2, 0.25) is 5.88 Å². The number of hydrogen-bond donors (Lipinski definition) is 1. The van der Waals surface area contributed by atoms with Gasteiger partial charge in [0, 0.05) is 36.1 Å². The fraction of sp³-hybridized carbons (Fsp3) is 0.346. The van der Waals surface area contributed by atoms with Gasteiger partial charge in [0.05, 0.1) is 28.1 Å². The van der Waals surface area contributed by atoms with Crippen LogP contribution in [0.2, 0.25) is 5.02 Å². The second-order valence-electron chi connectivity index (χ2n) is 9.59. The molecule has 0 spiro atoms. The molecule has 0 amide bonds. The monoisotopic (exact) mass is 566 g/mol. The summed E-state index contributed by atoms with van der Waals surface area (Å²) in [5.41, 5.74) is -0.0737. The minimum absolute atomic E-state index is 0.0421. The maximum Gasteiger partial charge on any atom is 0.416 e. The van der Waals surface area contributed by atoms with Gasteiger partial charge < -0.3 is 5.11 Å². The zero-order valence-electron chi connectivity index (χ0n) is 20.3. The molecule has 0 aliphatic carbocycles. The van der Waals surface area contributed by atoms with E-state index in [1.54, 1.807) is 18.2 Å². The Labute approximate surface area is 223 Å². The predicted molar refractivity (Wildman–Crippen MR) is 138 cm³/mol.